The lowest BCUT2D eigenvalue weighted by Gasteiger charge is -2.28. The Bertz CT molecular complexity index is 3430. The zero-order valence-electron chi connectivity index (χ0n) is 32.3. The predicted octanol–water partition coefficient (Wildman–Crippen LogP) is 15.7. The molecule has 0 spiro atoms. The van der Waals surface area contributed by atoms with Gasteiger partial charge in [-0.1, -0.05) is 123 Å². The van der Waals surface area contributed by atoms with Gasteiger partial charge in [0.1, 0.15) is 0 Å². The van der Waals surface area contributed by atoms with Crippen molar-refractivity contribution in [1.82, 2.24) is 4.57 Å². The highest BCUT2D eigenvalue weighted by atomic mass is 32.1. The highest BCUT2D eigenvalue weighted by molar-refractivity contribution is 7.25. The first-order valence-electron chi connectivity index (χ1n) is 20.1. The van der Waals surface area contributed by atoms with Crippen LogP contribution in [-0.2, 0) is 5.41 Å². The lowest BCUT2D eigenvalue weighted by molar-refractivity contribution is 0.660. The van der Waals surface area contributed by atoms with Crippen molar-refractivity contribution in [3.63, 3.8) is 0 Å². The van der Waals surface area contributed by atoms with E-state index in [9.17, 15) is 0 Å². The van der Waals surface area contributed by atoms with E-state index in [4.69, 9.17) is 0 Å². The van der Waals surface area contributed by atoms with Gasteiger partial charge in [-0.15, -0.1) is 11.3 Å². The second kappa shape index (κ2) is 12.5. The van der Waals surface area contributed by atoms with Crippen molar-refractivity contribution in [2.24, 2.45) is 0 Å². The highest BCUT2D eigenvalue weighted by Crippen LogP contribution is 2.51. The molecule has 0 amide bonds. The van der Waals surface area contributed by atoms with Gasteiger partial charge in [-0.3, -0.25) is 0 Å². The number of aromatic nitrogens is 1. The molecule has 0 atom stereocenters. The van der Waals surface area contributed by atoms with Crippen molar-refractivity contribution in [1.29, 1.82) is 0 Å². The minimum Gasteiger partial charge on any atom is -0.310 e. The van der Waals surface area contributed by atoms with E-state index in [1.165, 1.54) is 97.5 Å². The van der Waals surface area contributed by atoms with Gasteiger partial charge in [-0.05, 0) is 129 Å². The number of hydrogen-bond acceptors (Lipinski definition) is 2. The minimum absolute atomic E-state index is 0.0826. The zero-order chi connectivity index (χ0) is 38.5. The van der Waals surface area contributed by atoms with Crippen molar-refractivity contribution >= 4 is 81.1 Å². The van der Waals surface area contributed by atoms with Crippen LogP contribution in [0, 0.1) is 0 Å². The first-order chi connectivity index (χ1) is 28.5. The van der Waals surface area contributed by atoms with Crippen LogP contribution in [0.4, 0.5) is 17.1 Å². The van der Waals surface area contributed by atoms with Crippen molar-refractivity contribution in [3.8, 4) is 27.9 Å². The Morgan fingerprint density at radius 1 is 0.431 bits per heavy atom. The summed E-state index contributed by atoms with van der Waals surface area (Å²) in [6, 6.07) is 71.9. The van der Waals surface area contributed by atoms with Gasteiger partial charge in [0.2, 0.25) is 0 Å². The number of para-hydroxylation sites is 2. The number of rotatable bonds is 5. The maximum absolute atomic E-state index is 2.42. The maximum Gasteiger partial charge on any atom is 0.0547 e. The summed E-state index contributed by atoms with van der Waals surface area (Å²) >= 11 is 1.87. The van der Waals surface area contributed by atoms with E-state index in [1.807, 2.05) is 11.3 Å². The molecule has 12 rings (SSSR count). The lowest BCUT2D eigenvalue weighted by Crippen LogP contribution is -2.16. The number of nitrogens with zero attached hydrogens (tertiary/aromatic N) is 2. The molecule has 2 aromatic heterocycles. The van der Waals surface area contributed by atoms with Crippen LogP contribution in [0.3, 0.4) is 0 Å². The number of hydrogen-bond donors (Lipinski definition) is 0. The molecular weight excluding hydrogens is 721 g/mol. The van der Waals surface area contributed by atoms with E-state index in [0.29, 0.717) is 0 Å². The molecular formula is C55H38N2S. The summed E-state index contributed by atoms with van der Waals surface area (Å²) in [5.41, 5.74) is 14.9. The molecule has 9 aromatic carbocycles. The number of benzene rings is 9. The zero-order valence-corrected chi connectivity index (χ0v) is 33.1. The third kappa shape index (κ3) is 4.90. The number of thiophene rings is 1. The monoisotopic (exact) mass is 758 g/mol. The molecule has 1 aliphatic rings. The second-order valence-electron chi connectivity index (χ2n) is 16.1. The molecule has 2 nitrogen and oxygen atoms in total. The SMILES string of the molecule is CC1(C)c2ccccc2-c2ccc(N(c3ccccc3)c3ccc4sc5ccc(-c6ccc7c(c6)c6c8ccccc8ccc6n7-c6ccccc6)cc5c4c3)cc21. The van der Waals surface area contributed by atoms with Gasteiger partial charge >= 0.3 is 0 Å². The molecule has 274 valence electrons. The molecule has 0 aliphatic heterocycles. The Labute approximate surface area is 341 Å². The fourth-order valence-electron chi connectivity index (χ4n) is 9.76. The molecule has 2 heterocycles. The van der Waals surface area contributed by atoms with Crippen LogP contribution >= 0.6 is 11.3 Å². The number of fused-ring (bicyclic) bond motifs is 11. The van der Waals surface area contributed by atoms with E-state index >= 15 is 0 Å². The highest BCUT2D eigenvalue weighted by Gasteiger charge is 2.35. The van der Waals surface area contributed by atoms with Crippen LogP contribution in [0.1, 0.15) is 25.0 Å². The van der Waals surface area contributed by atoms with Gasteiger partial charge in [0.25, 0.3) is 0 Å². The average molecular weight is 759 g/mol. The normalized spacial score (nSPS) is 13.1. The van der Waals surface area contributed by atoms with Crippen molar-refractivity contribution in [2.45, 2.75) is 19.3 Å². The summed E-state index contributed by atoms with van der Waals surface area (Å²) in [7, 11) is 0. The van der Waals surface area contributed by atoms with Crippen LogP contribution in [0.5, 0.6) is 0 Å². The quantitative estimate of drug-likeness (QED) is 0.170. The molecule has 11 aromatic rings. The van der Waals surface area contributed by atoms with Gasteiger partial charge in [0, 0.05) is 59.1 Å². The average Bonchev–Trinajstić information content (AvgIpc) is 3.89. The van der Waals surface area contributed by atoms with Crippen LogP contribution < -0.4 is 4.90 Å². The lowest BCUT2D eigenvalue weighted by atomic mass is 9.82. The summed E-state index contributed by atoms with van der Waals surface area (Å²) < 4.78 is 5.01. The standard InChI is InChI=1S/C55H38N2S/c1-55(2)48-20-12-11-19-43(48)44-26-24-41(34-49(44)55)56(38-14-5-3-6-15-38)40-25-30-53-46(33-40)45-31-37(23-29-52(45)58-53)36-22-27-50-47(32-36)54-42-18-10-9-13-35(42)21-28-51(54)57(50)39-16-7-4-8-17-39/h3-34H,1-2H3. The van der Waals surface area contributed by atoms with Crippen molar-refractivity contribution < 1.29 is 0 Å². The molecule has 0 radical (unpaired) electrons. The Morgan fingerprint density at radius 2 is 1.05 bits per heavy atom. The third-order valence-corrected chi connectivity index (χ3v) is 13.7. The van der Waals surface area contributed by atoms with Gasteiger partial charge in [0.15, 0.2) is 0 Å². The Kier molecular flexibility index (Phi) is 7.18. The smallest absolute Gasteiger partial charge is 0.0547 e. The molecule has 3 heteroatoms. The molecule has 0 bridgehead atoms. The van der Waals surface area contributed by atoms with Crippen molar-refractivity contribution in [3.05, 3.63) is 205 Å². The van der Waals surface area contributed by atoms with Gasteiger partial charge in [0.05, 0.1) is 11.0 Å². The summed E-state index contributed by atoms with van der Waals surface area (Å²) in [5, 5.41) is 7.67. The molecule has 0 saturated carbocycles. The molecule has 58 heavy (non-hydrogen) atoms. The Morgan fingerprint density at radius 3 is 1.90 bits per heavy atom. The van der Waals surface area contributed by atoms with E-state index in [-0.39, 0.29) is 5.41 Å². The number of anilines is 3. The molecule has 0 N–H and O–H groups in total. The second-order valence-corrected chi connectivity index (χ2v) is 17.2. The molecule has 0 saturated heterocycles. The van der Waals surface area contributed by atoms with Gasteiger partial charge in [-0.25, -0.2) is 0 Å². The summed E-state index contributed by atoms with van der Waals surface area (Å²) in [5.74, 6) is 0. The van der Waals surface area contributed by atoms with E-state index in [0.717, 1.165) is 11.4 Å². The summed E-state index contributed by atoms with van der Waals surface area (Å²) in [6.07, 6.45) is 0. The Hall–Kier alpha value is -6.94. The van der Waals surface area contributed by atoms with E-state index < -0.39 is 0 Å². The summed E-state index contributed by atoms with van der Waals surface area (Å²) in [4.78, 5) is 2.42. The van der Waals surface area contributed by atoms with Crippen molar-refractivity contribution in [2.75, 3.05) is 4.90 Å². The fraction of sp³-hybridized carbons (Fsp3) is 0.0545. The van der Waals surface area contributed by atoms with Crippen LogP contribution in [0.2, 0.25) is 0 Å². The fourth-order valence-corrected chi connectivity index (χ4v) is 10.8. The van der Waals surface area contributed by atoms with Crippen LogP contribution in [-0.4, -0.2) is 4.57 Å². The largest absolute Gasteiger partial charge is 0.310 e. The topological polar surface area (TPSA) is 8.17 Å². The molecule has 0 unspecified atom stereocenters. The van der Waals surface area contributed by atoms with Crippen LogP contribution in [0.25, 0.3) is 80.7 Å². The Balaban J connectivity index is 1.02. The first-order valence-corrected chi connectivity index (χ1v) is 20.9. The van der Waals surface area contributed by atoms with Gasteiger partial charge < -0.3 is 9.47 Å². The molecule has 0 fully saturated rings. The maximum atomic E-state index is 2.42. The minimum atomic E-state index is -0.0826. The first kappa shape index (κ1) is 33.2. The molecule has 1 aliphatic carbocycles. The predicted molar refractivity (Wildman–Crippen MR) is 249 cm³/mol. The van der Waals surface area contributed by atoms with Gasteiger partial charge in [-0.2, -0.15) is 0 Å². The summed E-state index contributed by atoms with van der Waals surface area (Å²) in [6.45, 7) is 4.72. The van der Waals surface area contributed by atoms with E-state index in [1.54, 1.807) is 0 Å². The van der Waals surface area contributed by atoms with Crippen LogP contribution in [0.15, 0.2) is 194 Å². The van der Waals surface area contributed by atoms with E-state index in [2.05, 4.69) is 217 Å². The third-order valence-electron chi connectivity index (χ3n) is 12.6.